The summed E-state index contributed by atoms with van der Waals surface area (Å²) in [5.41, 5.74) is 3.25. The second-order valence-corrected chi connectivity index (χ2v) is 8.58. The van der Waals surface area contributed by atoms with Gasteiger partial charge in [-0.2, -0.15) is 0 Å². The van der Waals surface area contributed by atoms with E-state index in [9.17, 15) is 13.2 Å². The Kier molecular flexibility index (Phi) is 5.34. The predicted octanol–water partition coefficient (Wildman–Crippen LogP) is 2.76. The average molecular weight is 424 g/mol. The van der Waals surface area contributed by atoms with Gasteiger partial charge in [-0.05, 0) is 49.4 Å². The van der Waals surface area contributed by atoms with Crippen molar-refractivity contribution < 1.29 is 13.2 Å². The number of sulfonamides is 1. The molecule has 0 saturated heterocycles. The third kappa shape index (κ3) is 4.39. The van der Waals surface area contributed by atoms with Gasteiger partial charge in [0.1, 0.15) is 18.0 Å². The topological polar surface area (TPSA) is 125 Å². The summed E-state index contributed by atoms with van der Waals surface area (Å²) in [5.74, 6) is 1.06. The van der Waals surface area contributed by atoms with Crippen molar-refractivity contribution >= 4 is 44.6 Å². The Morgan fingerprint density at radius 2 is 1.67 bits per heavy atom. The van der Waals surface area contributed by atoms with Crippen LogP contribution in [0.2, 0.25) is 0 Å². The summed E-state index contributed by atoms with van der Waals surface area (Å²) in [6.45, 7) is 0. The predicted molar refractivity (Wildman–Crippen MR) is 115 cm³/mol. The van der Waals surface area contributed by atoms with Gasteiger partial charge in [-0.1, -0.05) is 12.1 Å². The van der Waals surface area contributed by atoms with Crippen LogP contribution in [0.25, 0.3) is 0 Å². The summed E-state index contributed by atoms with van der Waals surface area (Å²) in [6, 6.07) is 13.9. The number of aromatic nitrogens is 2. The van der Waals surface area contributed by atoms with Crippen molar-refractivity contribution in [1.29, 1.82) is 0 Å². The largest absolute Gasteiger partial charge is 0.340 e. The maximum Gasteiger partial charge on any atom is 0.240 e. The molecule has 0 aliphatic carbocycles. The molecule has 30 heavy (non-hydrogen) atoms. The van der Waals surface area contributed by atoms with Gasteiger partial charge in [0.2, 0.25) is 15.9 Å². The van der Waals surface area contributed by atoms with E-state index in [1.807, 2.05) is 18.2 Å². The van der Waals surface area contributed by atoms with Gasteiger partial charge in [0.05, 0.1) is 4.90 Å². The first-order valence-corrected chi connectivity index (χ1v) is 10.7. The van der Waals surface area contributed by atoms with Crippen molar-refractivity contribution in [3.63, 3.8) is 0 Å². The van der Waals surface area contributed by atoms with E-state index >= 15 is 0 Å². The number of nitrogens with one attached hydrogen (secondary N) is 4. The molecule has 4 rings (SSSR count). The quantitative estimate of drug-likeness (QED) is 0.479. The summed E-state index contributed by atoms with van der Waals surface area (Å²) in [4.78, 5) is 20.2. The fourth-order valence-electron chi connectivity index (χ4n) is 3.10. The lowest BCUT2D eigenvalue weighted by Crippen LogP contribution is -2.18. The SMILES string of the molecule is CNS(=O)(=O)c1cccc(Nc2cc(Nc3ccc4c(c3)NC(=O)CC4)ncn2)c1. The number of nitrogens with zero attached hydrogens (tertiary/aromatic N) is 2. The number of hydrogen-bond acceptors (Lipinski definition) is 7. The van der Waals surface area contributed by atoms with E-state index in [4.69, 9.17) is 0 Å². The van der Waals surface area contributed by atoms with Gasteiger partial charge >= 0.3 is 0 Å². The van der Waals surface area contributed by atoms with Crippen LogP contribution >= 0.6 is 0 Å². The lowest BCUT2D eigenvalue weighted by atomic mass is 10.0. The molecule has 10 heteroatoms. The number of carbonyl (C=O) groups excluding carboxylic acids is 1. The minimum absolute atomic E-state index is 0.00990. The molecule has 1 aromatic heterocycles. The number of aryl methyl sites for hydroxylation is 1. The van der Waals surface area contributed by atoms with Crippen LogP contribution in [0.3, 0.4) is 0 Å². The molecule has 2 heterocycles. The highest BCUT2D eigenvalue weighted by Crippen LogP contribution is 2.28. The maximum absolute atomic E-state index is 12.0. The first-order valence-electron chi connectivity index (χ1n) is 9.25. The van der Waals surface area contributed by atoms with Gasteiger partial charge in [0.25, 0.3) is 0 Å². The Morgan fingerprint density at radius 1 is 0.933 bits per heavy atom. The van der Waals surface area contributed by atoms with Crippen LogP contribution in [0.4, 0.5) is 28.7 Å². The van der Waals surface area contributed by atoms with E-state index < -0.39 is 10.0 Å². The second-order valence-electron chi connectivity index (χ2n) is 6.69. The molecular weight excluding hydrogens is 404 g/mol. The molecule has 0 atom stereocenters. The zero-order valence-corrected chi connectivity index (χ0v) is 17.0. The van der Waals surface area contributed by atoms with E-state index in [0.717, 1.165) is 23.4 Å². The number of benzene rings is 2. The zero-order chi connectivity index (χ0) is 21.1. The lowest BCUT2D eigenvalue weighted by Gasteiger charge is -2.18. The van der Waals surface area contributed by atoms with Crippen LogP contribution in [0, 0.1) is 0 Å². The Labute approximate surface area is 174 Å². The molecule has 1 aliphatic rings. The zero-order valence-electron chi connectivity index (χ0n) is 16.1. The second kappa shape index (κ2) is 8.09. The van der Waals surface area contributed by atoms with E-state index in [1.165, 1.54) is 25.5 Å². The van der Waals surface area contributed by atoms with Crippen molar-refractivity contribution in [2.45, 2.75) is 17.7 Å². The molecule has 4 N–H and O–H groups in total. The molecule has 0 spiro atoms. The lowest BCUT2D eigenvalue weighted by molar-refractivity contribution is -0.116. The highest BCUT2D eigenvalue weighted by molar-refractivity contribution is 7.89. The Morgan fingerprint density at radius 3 is 2.40 bits per heavy atom. The van der Waals surface area contributed by atoms with Crippen LogP contribution in [0.15, 0.2) is 59.8 Å². The molecule has 0 saturated carbocycles. The molecule has 2 aromatic carbocycles. The van der Waals surface area contributed by atoms with Crippen molar-refractivity contribution in [1.82, 2.24) is 14.7 Å². The van der Waals surface area contributed by atoms with Gasteiger partial charge in [0.15, 0.2) is 0 Å². The molecule has 0 fully saturated rings. The number of carbonyl (C=O) groups is 1. The molecule has 0 bridgehead atoms. The van der Waals surface area contributed by atoms with Gasteiger partial charge in [-0.3, -0.25) is 4.79 Å². The monoisotopic (exact) mass is 424 g/mol. The van der Waals surface area contributed by atoms with Crippen molar-refractivity contribution in [3.05, 3.63) is 60.4 Å². The smallest absolute Gasteiger partial charge is 0.240 e. The van der Waals surface area contributed by atoms with Crippen LogP contribution in [-0.4, -0.2) is 31.3 Å². The maximum atomic E-state index is 12.0. The van der Waals surface area contributed by atoms with E-state index in [0.29, 0.717) is 23.7 Å². The normalized spacial score (nSPS) is 13.3. The first kappa shape index (κ1) is 19.8. The first-order chi connectivity index (χ1) is 14.4. The van der Waals surface area contributed by atoms with Crippen LogP contribution in [-0.2, 0) is 21.2 Å². The van der Waals surface area contributed by atoms with Crippen LogP contribution in [0.5, 0.6) is 0 Å². The Balaban J connectivity index is 1.52. The Hall–Kier alpha value is -3.50. The molecule has 0 unspecified atom stereocenters. The van der Waals surface area contributed by atoms with Gasteiger partial charge < -0.3 is 16.0 Å². The molecule has 9 nitrogen and oxygen atoms in total. The van der Waals surface area contributed by atoms with Gasteiger partial charge in [0, 0.05) is 29.5 Å². The Bertz CT molecular complexity index is 1210. The van der Waals surface area contributed by atoms with E-state index in [2.05, 4.69) is 30.6 Å². The third-order valence-corrected chi connectivity index (χ3v) is 6.04. The van der Waals surface area contributed by atoms with Crippen LogP contribution in [0.1, 0.15) is 12.0 Å². The minimum atomic E-state index is -3.54. The highest BCUT2D eigenvalue weighted by Gasteiger charge is 2.15. The van der Waals surface area contributed by atoms with Crippen LogP contribution < -0.4 is 20.7 Å². The fraction of sp³-hybridized carbons (Fsp3) is 0.150. The standard InChI is InChI=1S/C20H20N6O3S/c1-21-30(28,29)16-4-2-3-14(9-16)24-18-11-19(23-12-22-18)25-15-7-5-13-6-8-20(27)26-17(13)10-15/h2-5,7,9-12,21H,6,8H2,1H3,(H,26,27)(H2,22,23,24,25). The number of fused-ring (bicyclic) bond motifs is 1. The number of rotatable bonds is 6. The van der Waals surface area contributed by atoms with Crippen molar-refractivity contribution in [3.8, 4) is 0 Å². The molecular formula is C20H20N6O3S. The van der Waals surface area contributed by atoms with Gasteiger partial charge in [-0.25, -0.2) is 23.1 Å². The summed E-state index contributed by atoms with van der Waals surface area (Å²) in [7, 11) is -2.17. The third-order valence-electron chi connectivity index (χ3n) is 4.63. The molecule has 154 valence electrons. The van der Waals surface area contributed by atoms with Crippen molar-refractivity contribution in [2.24, 2.45) is 0 Å². The van der Waals surface area contributed by atoms with E-state index in [-0.39, 0.29) is 10.8 Å². The molecule has 1 aliphatic heterocycles. The summed E-state index contributed by atoms with van der Waals surface area (Å²) in [6.07, 6.45) is 2.63. The molecule has 0 radical (unpaired) electrons. The average Bonchev–Trinajstić information content (AvgIpc) is 2.74. The number of anilines is 5. The summed E-state index contributed by atoms with van der Waals surface area (Å²) < 4.78 is 26.3. The van der Waals surface area contributed by atoms with E-state index in [1.54, 1.807) is 18.2 Å². The van der Waals surface area contributed by atoms with Gasteiger partial charge in [-0.15, -0.1) is 0 Å². The van der Waals surface area contributed by atoms with Crippen molar-refractivity contribution in [2.75, 3.05) is 23.0 Å². The molecule has 3 aromatic rings. The number of hydrogen-bond donors (Lipinski definition) is 4. The minimum Gasteiger partial charge on any atom is -0.340 e. The number of amides is 1. The summed E-state index contributed by atoms with van der Waals surface area (Å²) >= 11 is 0. The highest BCUT2D eigenvalue weighted by atomic mass is 32.2. The molecule has 1 amide bonds. The fourth-order valence-corrected chi connectivity index (χ4v) is 3.87. The summed E-state index contributed by atoms with van der Waals surface area (Å²) in [5, 5.41) is 9.15.